The summed E-state index contributed by atoms with van der Waals surface area (Å²) < 4.78 is 21.8. The Balaban J connectivity index is 2.00. The van der Waals surface area contributed by atoms with Gasteiger partial charge in [0.25, 0.3) is 0 Å². The molecule has 0 heterocycles. The second-order valence-corrected chi connectivity index (χ2v) is 6.09. The Hall–Kier alpha value is -1.91. The summed E-state index contributed by atoms with van der Waals surface area (Å²) in [5, 5.41) is 5.98. The molecule has 1 aliphatic rings. The average Bonchev–Trinajstić information content (AvgIpc) is 2.73. The fourth-order valence-electron chi connectivity index (χ4n) is 2.44. The van der Waals surface area contributed by atoms with Crippen LogP contribution in [0.1, 0.15) is 16.7 Å². The first-order valence-electron chi connectivity index (χ1n) is 5.95. The Morgan fingerprint density at radius 1 is 1.00 bits per heavy atom. The van der Waals surface area contributed by atoms with Gasteiger partial charge in [0, 0.05) is 5.41 Å². The summed E-state index contributed by atoms with van der Waals surface area (Å²) in [6, 6.07) is 14.2. The van der Waals surface area contributed by atoms with Crippen molar-refractivity contribution in [2.75, 3.05) is 0 Å². The van der Waals surface area contributed by atoms with Gasteiger partial charge >= 0.3 is 0 Å². The van der Waals surface area contributed by atoms with Gasteiger partial charge in [-0.2, -0.15) is 0 Å². The van der Waals surface area contributed by atoms with E-state index in [9.17, 15) is 8.42 Å². The summed E-state index contributed by atoms with van der Waals surface area (Å²) in [6.45, 7) is 0. The number of nitrogens with two attached hydrogens (primary N) is 1. The van der Waals surface area contributed by atoms with Crippen LogP contribution in [0.4, 0.5) is 0 Å². The molecule has 2 aromatic carbocycles. The molecule has 3 rings (SSSR count). The van der Waals surface area contributed by atoms with Crippen LogP contribution in [0.2, 0.25) is 0 Å². The fraction of sp³-hybridized carbons (Fsp3) is 0.0667. The summed E-state index contributed by atoms with van der Waals surface area (Å²) in [7, 11) is -3.57. The third-order valence-electron chi connectivity index (χ3n) is 3.27. The molecule has 1 aliphatic carbocycles. The van der Waals surface area contributed by atoms with Gasteiger partial charge in [-0.1, -0.05) is 42.5 Å². The summed E-state index contributed by atoms with van der Waals surface area (Å²) in [6.07, 6.45) is 2.42. The zero-order valence-electron chi connectivity index (χ0n) is 10.2. The third-order valence-corrected chi connectivity index (χ3v) is 3.78. The van der Waals surface area contributed by atoms with E-state index in [1.165, 1.54) is 28.3 Å². The SMILES string of the molecule is NS(=O)(=O)/C=C/c1ccc2c(c1)Cc1ccccc1-2. The number of fused-ring (bicyclic) bond motifs is 3. The van der Waals surface area contributed by atoms with Crippen molar-refractivity contribution in [2.24, 2.45) is 5.14 Å². The second-order valence-electron chi connectivity index (χ2n) is 4.64. The van der Waals surface area contributed by atoms with Crippen LogP contribution in [0.15, 0.2) is 47.9 Å². The van der Waals surface area contributed by atoms with Crippen molar-refractivity contribution in [1.29, 1.82) is 0 Å². The molecule has 0 amide bonds. The molecule has 4 heteroatoms. The lowest BCUT2D eigenvalue weighted by Gasteiger charge is -2.01. The van der Waals surface area contributed by atoms with E-state index in [0.29, 0.717) is 0 Å². The predicted octanol–water partition coefficient (Wildman–Crippen LogP) is 2.52. The Bertz CT molecular complexity index is 776. The molecule has 3 nitrogen and oxygen atoms in total. The van der Waals surface area contributed by atoms with Gasteiger partial charge in [0.05, 0.1) is 0 Å². The molecule has 0 saturated carbocycles. The minimum atomic E-state index is -3.57. The summed E-state index contributed by atoms with van der Waals surface area (Å²) >= 11 is 0. The Morgan fingerprint density at radius 3 is 2.53 bits per heavy atom. The first-order valence-corrected chi connectivity index (χ1v) is 7.56. The summed E-state index contributed by atoms with van der Waals surface area (Å²) in [5.74, 6) is 0. The molecule has 0 aromatic heterocycles. The van der Waals surface area contributed by atoms with Gasteiger partial charge in [0.1, 0.15) is 0 Å². The molecule has 0 radical (unpaired) electrons. The second kappa shape index (κ2) is 4.33. The van der Waals surface area contributed by atoms with E-state index < -0.39 is 10.0 Å². The largest absolute Gasteiger partial charge is 0.231 e. The van der Waals surface area contributed by atoms with E-state index in [4.69, 9.17) is 5.14 Å². The molecule has 0 spiro atoms. The fourth-order valence-corrected chi connectivity index (χ4v) is 2.79. The van der Waals surface area contributed by atoms with E-state index >= 15 is 0 Å². The first kappa shape index (κ1) is 12.1. The zero-order valence-corrected chi connectivity index (χ0v) is 11.0. The highest BCUT2D eigenvalue weighted by molar-refractivity contribution is 7.92. The number of hydrogen-bond acceptors (Lipinski definition) is 2. The van der Waals surface area contributed by atoms with Crippen molar-refractivity contribution >= 4 is 16.1 Å². The molecule has 96 valence electrons. The standard InChI is InChI=1S/C15H13NO2S/c16-19(17,18)8-7-11-5-6-15-13(9-11)10-12-3-1-2-4-14(12)15/h1-9H,10H2,(H2,16,17,18)/b8-7+. The van der Waals surface area contributed by atoms with Gasteiger partial charge in [-0.05, 0) is 40.3 Å². The number of hydrogen-bond donors (Lipinski definition) is 1. The number of primary sulfonamides is 1. The van der Waals surface area contributed by atoms with E-state index in [1.54, 1.807) is 0 Å². The van der Waals surface area contributed by atoms with Gasteiger partial charge in [0.2, 0.25) is 10.0 Å². The molecule has 0 saturated heterocycles. The van der Waals surface area contributed by atoms with Crippen LogP contribution in [-0.4, -0.2) is 8.42 Å². The summed E-state index contributed by atoms with van der Waals surface area (Å²) in [4.78, 5) is 0. The molecule has 0 aliphatic heterocycles. The Labute approximate surface area is 112 Å². The van der Waals surface area contributed by atoms with Gasteiger partial charge in [-0.3, -0.25) is 0 Å². The lowest BCUT2D eigenvalue weighted by atomic mass is 10.0. The number of rotatable bonds is 2. The van der Waals surface area contributed by atoms with Crippen molar-refractivity contribution in [3.8, 4) is 11.1 Å². The van der Waals surface area contributed by atoms with Gasteiger partial charge in [-0.25, -0.2) is 13.6 Å². The maximum atomic E-state index is 10.9. The summed E-state index contributed by atoms with van der Waals surface area (Å²) in [5.41, 5.74) is 5.87. The molecule has 0 unspecified atom stereocenters. The lowest BCUT2D eigenvalue weighted by molar-refractivity contribution is 0.606. The van der Waals surface area contributed by atoms with E-state index in [2.05, 4.69) is 12.1 Å². The topological polar surface area (TPSA) is 60.2 Å². The molecular weight excluding hydrogens is 258 g/mol. The van der Waals surface area contributed by atoms with Crippen molar-refractivity contribution in [2.45, 2.75) is 6.42 Å². The van der Waals surface area contributed by atoms with Gasteiger partial charge < -0.3 is 0 Å². The van der Waals surface area contributed by atoms with Gasteiger partial charge in [0.15, 0.2) is 0 Å². The first-order chi connectivity index (χ1) is 9.03. The van der Waals surface area contributed by atoms with E-state index in [0.717, 1.165) is 17.4 Å². The molecule has 0 fully saturated rings. The van der Waals surface area contributed by atoms with Crippen LogP contribution in [0, 0.1) is 0 Å². The number of benzene rings is 2. The maximum Gasteiger partial charge on any atom is 0.231 e. The molecular formula is C15H13NO2S. The monoisotopic (exact) mass is 271 g/mol. The van der Waals surface area contributed by atoms with Crippen LogP contribution in [0.3, 0.4) is 0 Å². The van der Waals surface area contributed by atoms with Crippen LogP contribution < -0.4 is 5.14 Å². The van der Waals surface area contributed by atoms with Crippen LogP contribution >= 0.6 is 0 Å². The normalized spacial score (nSPS) is 13.5. The van der Waals surface area contributed by atoms with Crippen molar-refractivity contribution in [1.82, 2.24) is 0 Å². The Morgan fingerprint density at radius 2 is 1.74 bits per heavy atom. The predicted molar refractivity (Wildman–Crippen MR) is 76.8 cm³/mol. The van der Waals surface area contributed by atoms with Crippen molar-refractivity contribution in [3.63, 3.8) is 0 Å². The third kappa shape index (κ3) is 2.45. The minimum Gasteiger partial charge on any atom is -0.225 e. The average molecular weight is 271 g/mol. The quantitative estimate of drug-likeness (QED) is 0.778. The Kier molecular flexibility index (Phi) is 2.77. The highest BCUT2D eigenvalue weighted by Gasteiger charge is 2.17. The molecule has 19 heavy (non-hydrogen) atoms. The molecule has 0 bridgehead atoms. The molecule has 0 atom stereocenters. The van der Waals surface area contributed by atoms with E-state index in [-0.39, 0.29) is 0 Å². The van der Waals surface area contributed by atoms with Crippen molar-refractivity contribution < 1.29 is 8.42 Å². The molecule has 2 aromatic rings. The van der Waals surface area contributed by atoms with Crippen molar-refractivity contribution in [3.05, 3.63) is 64.6 Å². The lowest BCUT2D eigenvalue weighted by Crippen LogP contribution is -2.06. The van der Waals surface area contributed by atoms with Crippen LogP contribution in [0.5, 0.6) is 0 Å². The van der Waals surface area contributed by atoms with Crippen LogP contribution in [-0.2, 0) is 16.4 Å². The van der Waals surface area contributed by atoms with Gasteiger partial charge in [-0.15, -0.1) is 0 Å². The highest BCUT2D eigenvalue weighted by Crippen LogP contribution is 2.36. The van der Waals surface area contributed by atoms with Crippen LogP contribution in [0.25, 0.3) is 17.2 Å². The zero-order chi connectivity index (χ0) is 13.5. The maximum absolute atomic E-state index is 10.9. The highest BCUT2D eigenvalue weighted by atomic mass is 32.2. The van der Waals surface area contributed by atoms with E-state index in [1.807, 2.05) is 30.3 Å². The molecule has 2 N–H and O–H groups in total. The number of sulfonamides is 1. The minimum absolute atomic E-state index is 0.848. The smallest absolute Gasteiger partial charge is 0.225 e.